The van der Waals surface area contributed by atoms with E-state index in [1.165, 1.54) is 6.33 Å². The minimum Gasteiger partial charge on any atom is -0.496 e. The van der Waals surface area contributed by atoms with Gasteiger partial charge < -0.3 is 10.1 Å². The van der Waals surface area contributed by atoms with Crippen LogP contribution in [0.5, 0.6) is 5.75 Å². The van der Waals surface area contributed by atoms with Crippen LogP contribution in [-0.2, 0) is 6.54 Å². The molecule has 0 fully saturated rings. The van der Waals surface area contributed by atoms with Gasteiger partial charge in [-0.25, -0.2) is 9.67 Å². The van der Waals surface area contributed by atoms with Gasteiger partial charge in [-0.2, -0.15) is 5.10 Å². The molecule has 0 aliphatic rings. The molecule has 1 heterocycles. The van der Waals surface area contributed by atoms with E-state index in [1.54, 1.807) is 18.1 Å². The third-order valence-corrected chi connectivity index (χ3v) is 3.77. The molecule has 2 aromatic carbocycles. The lowest BCUT2D eigenvalue weighted by molar-refractivity contribution is 0.410. The van der Waals surface area contributed by atoms with E-state index >= 15 is 0 Å². The third-order valence-electron chi connectivity index (χ3n) is 3.28. The zero-order valence-electron chi connectivity index (χ0n) is 12.0. The number of methoxy groups -OCH3 is 1. The van der Waals surface area contributed by atoms with Crippen molar-refractivity contribution in [2.24, 2.45) is 0 Å². The molecule has 1 aromatic heterocycles. The Morgan fingerprint density at radius 1 is 1.18 bits per heavy atom. The van der Waals surface area contributed by atoms with Gasteiger partial charge in [0, 0.05) is 22.3 Å². The molecular weight excluding hydrogens is 344 g/mol. The number of ether oxygens (including phenoxy) is 1. The van der Waals surface area contributed by atoms with Crippen molar-refractivity contribution in [3.05, 3.63) is 65.2 Å². The molecule has 0 saturated carbocycles. The van der Waals surface area contributed by atoms with Gasteiger partial charge in [0.1, 0.15) is 18.4 Å². The standard InChI is InChI=1S/C16H15BrN4O/c1-22-16-7-2-13(17)8-12(16)9-19-14-3-5-15(6-4-14)21-11-18-10-20-21/h2-8,10-11,19H,9H2,1H3. The van der Waals surface area contributed by atoms with Crippen LogP contribution in [0.3, 0.4) is 0 Å². The van der Waals surface area contributed by atoms with E-state index in [-0.39, 0.29) is 0 Å². The maximum absolute atomic E-state index is 5.38. The average Bonchev–Trinajstić information content (AvgIpc) is 3.08. The topological polar surface area (TPSA) is 52.0 Å². The van der Waals surface area contributed by atoms with Gasteiger partial charge in [-0.1, -0.05) is 15.9 Å². The van der Waals surface area contributed by atoms with Gasteiger partial charge in [0.15, 0.2) is 0 Å². The minimum atomic E-state index is 0.686. The molecule has 0 spiro atoms. The molecule has 5 nitrogen and oxygen atoms in total. The highest BCUT2D eigenvalue weighted by atomic mass is 79.9. The minimum absolute atomic E-state index is 0.686. The second kappa shape index (κ2) is 6.62. The predicted molar refractivity (Wildman–Crippen MR) is 89.4 cm³/mol. The smallest absolute Gasteiger partial charge is 0.138 e. The lowest BCUT2D eigenvalue weighted by Crippen LogP contribution is -2.02. The number of nitrogens with zero attached hydrogens (tertiary/aromatic N) is 3. The van der Waals surface area contributed by atoms with Crippen LogP contribution in [0.4, 0.5) is 5.69 Å². The quantitative estimate of drug-likeness (QED) is 0.756. The highest BCUT2D eigenvalue weighted by molar-refractivity contribution is 9.10. The number of benzene rings is 2. The van der Waals surface area contributed by atoms with Crippen molar-refractivity contribution in [3.63, 3.8) is 0 Å². The summed E-state index contributed by atoms with van der Waals surface area (Å²) in [5.74, 6) is 0.870. The molecular formula is C16H15BrN4O. The summed E-state index contributed by atoms with van der Waals surface area (Å²) in [6.45, 7) is 0.686. The molecule has 0 bridgehead atoms. The van der Waals surface area contributed by atoms with E-state index < -0.39 is 0 Å². The van der Waals surface area contributed by atoms with Crippen LogP contribution in [0, 0.1) is 0 Å². The molecule has 6 heteroatoms. The van der Waals surface area contributed by atoms with Gasteiger partial charge in [-0.3, -0.25) is 0 Å². The summed E-state index contributed by atoms with van der Waals surface area (Å²) < 4.78 is 8.13. The van der Waals surface area contributed by atoms with Crippen LogP contribution in [0.1, 0.15) is 5.56 Å². The van der Waals surface area contributed by atoms with E-state index in [2.05, 4.69) is 37.4 Å². The second-order valence-electron chi connectivity index (χ2n) is 4.70. The largest absolute Gasteiger partial charge is 0.496 e. The molecule has 112 valence electrons. The van der Waals surface area contributed by atoms with Crippen molar-refractivity contribution in [2.45, 2.75) is 6.54 Å². The Balaban J connectivity index is 1.70. The number of anilines is 1. The molecule has 0 aliphatic heterocycles. The Morgan fingerprint density at radius 2 is 2.00 bits per heavy atom. The highest BCUT2D eigenvalue weighted by Gasteiger charge is 2.04. The van der Waals surface area contributed by atoms with Crippen LogP contribution in [0.2, 0.25) is 0 Å². The van der Waals surface area contributed by atoms with E-state index in [0.717, 1.165) is 27.2 Å². The number of halogens is 1. The third kappa shape index (κ3) is 3.28. The van der Waals surface area contributed by atoms with Crippen LogP contribution < -0.4 is 10.1 Å². The predicted octanol–water partition coefficient (Wildman–Crippen LogP) is 3.65. The van der Waals surface area contributed by atoms with E-state index in [4.69, 9.17) is 4.74 Å². The summed E-state index contributed by atoms with van der Waals surface area (Å²) in [6, 6.07) is 14.0. The first-order valence-corrected chi connectivity index (χ1v) is 7.57. The van der Waals surface area contributed by atoms with Crippen molar-refractivity contribution in [3.8, 4) is 11.4 Å². The molecule has 0 unspecified atom stereocenters. The highest BCUT2D eigenvalue weighted by Crippen LogP contribution is 2.24. The second-order valence-corrected chi connectivity index (χ2v) is 5.61. The number of nitrogens with one attached hydrogen (secondary N) is 1. The SMILES string of the molecule is COc1ccc(Br)cc1CNc1ccc(-n2cncn2)cc1. The summed E-state index contributed by atoms with van der Waals surface area (Å²) in [7, 11) is 1.68. The monoisotopic (exact) mass is 358 g/mol. The Labute approximate surface area is 137 Å². The summed E-state index contributed by atoms with van der Waals surface area (Å²) >= 11 is 3.48. The molecule has 22 heavy (non-hydrogen) atoms. The summed E-state index contributed by atoms with van der Waals surface area (Å²) in [4.78, 5) is 3.94. The fourth-order valence-corrected chi connectivity index (χ4v) is 2.56. The Morgan fingerprint density at radius 3 is 2.68 bits per heavy atom. The van der Waals surface area contributed by atoms with Gasteiger partial charge in [-0.15, -0.1) is 0 Å². The Kier molecular flexibility index (Phi) is 4.39. The van der Waals surface area contributed by atoms with E-state index in [1.807, 2.05) is 36.4 Å². The molecule has 1 N–H and O–H groups in total. The number of aromatic nitrogens is 3. The number of hydrogen-bond donors (Lipinski definition) is 1. The molecule has 0 amide bonds. The van der Waals surface area contributed by atoms with Gasteiger partial charge in [-0.05, 0) is 42.5 Å². The first-order valence-electron chi connectivity index (χ1n) is 6.77. The lowest BCUT2D eigenvalue weighted by atomic mass is 10.2. The van der Waals surface area contributed by atoms with Crippen LogP contribution >= 0.6 is 15.9 Å². The first kappa shape index (κ1) is 14.6. The molecule has 0 aliphatic carbocycles. The van der Waals surface area contributed by atoms with Gasteiger partial charge in [0.05, 0.1) is 12.8 Å². The van der Waals surface area contributed by atoms with Crippen LogP contribution in [0.25, 0.3) is 5.69 Å². The molecule has 0 saturated heterocycles. The molecule has 0 atom stereocenters. The van der Waals surface area contributed by atoms with Crippen molar-refractivity contribution in [1.82, 2.24) is 14.8 Å². The van der Waals surface area contributed by atoms with Crippen molar-refractivity contribution < 1.29 is 4.74 Å². The maximum Gasteiger partial charge on any atom is 0.138 e. The van der Waals surface area contributed by atoms with Gasteiger partial charge in [0.2, 0.25) is 0 Å². The fourth-order valence-electron chi connectivity index (χ4n) is 2.16. The first-order chi connectivity index (χ1) is 10.8. The van der Waals surface area contributed by atoms with Crippen molar-refractivity contribution in [2.75, 3.05) is 12.4 Å². The van der Waals surface area contributed by atoms with Crippen molar-refractivity contribution >= 4 is 21.6 Å². The zero-order chi connectivity index (χ0) is 15.4. The number of rotatable bonds is 5. The van der Waals surface area contributed by atoms with E-state index in [9.17, 15) is 0 Å². The van der Waals surface area contributed by atoms with Crippen molar-refractivity contribution in [1.29, 1.82) is 0 Å². The molecule has 3 rings (SSSR count). The summed E-state index contributed by atoms with van der Waals surface area (Å²) in [5, 5.41) is 7.49. The Hall–Kier alpha value is -2.34. The average molecular weight is 359 g/mol. The van der Waals surface area contributed by atoms with Gasteiger partial charge in [0.25, 0.3) is 0 Å². The Bertz CT molecular complexity index is 741. The fraction of sp³-hybridized carbons (Fsp3) is 0.125. The molecule has 3 aromatic rings. The van der Waals surface area contributed by atoms with Crippen LogP contribution in [-0.4, -0.2) is 21.9 Å². The summed E-state index contributed by atoms with van der Waals surface area (Å²) in [6.07, 6.45) is 3.19. The summed E-state index contributed by atoms with van der Waals surface area (Å²) in [5.41, 5.74) is 3.10. The normalized spacial score (nSPS) is 10.5. The lowest BCUT2D eigenvalue weighted by Gasteiger charge is -2.11. The van der Waals surface area contributed by atoms with E-state index in [0.29, 0.717) is 6.54 Å². The van der Waals surface area contributed by atoms with Crippen LogP contribution in [0.15, 0.2) is 59.6 Å². The van der Waals surface area contributed by atoms with Gasteiger partial charge >= 0.3 is 0 Å². The zero-order valence-corrected chi connectivity index (χ0v) is 13.6. The number of hydrogen-bond acceptors (Lipinski definition) is 4. The maximum atomic E-state index is 5.38. The molecule has 0 radical (unpaired) electrons.